The fraction of sp³-hybridized carbons (Fsp3) is 0. The van der Waals surface area contributed by atoms with Crippen molar-refractivity contribution >= 4 is 33.7 Å². The largest absolute Gasteiger partial charge is 0.415 e. The molecule has 0 aliphatic rings. The summed E-state index contributed by atoms with van der Waals surface area (Å²) in [4.78, 5) is 37.5. The third-order valence-electron chi connectivity index (χ3n) is 4.04. The highest BCUT2D eigenvalue weighted by Gasteiger charge is 2.18. The van der Waals surface area contributed by atoms with Gasteiger partial charge >= 0.3 is 11.3 Å². The van der Waals surface area contributed by atoms with Crippen molar-refractivity contribution in [2.45, 2.75) is 0 Å². The Morgan fingerprint density at radius 3 is 2.43 bits per heavy atom. The Balaban J connectivity index is 1.77. The number of benzene rings is 2. The van der Waals surface area contributed by atoms with Crippen molar-refractivity contribution in [1.29, 1.82) is 0 Å². The maximum atomic E-state index is 12.4. The van der Waals surface area contributed by atoms with E-state index < -0.39 is 15.5 Å². The second-order valence-corrected chi connectivity index (χ2v) is 6.60. The van der Waals surface area contributed by atoms with Crippen LogP contribution < -0.4 is 5.63 Å². The Kier molecular flexibility index (Phi) is 4.17. The van der Waals surface area contributed by atoms with E-state index in [4.69, 9.17) is 4.42 Å². The molecule has 2 aromatic carbocycles. The van der Waals surface area contributed by atoms with E-state index in [9.17, 15) is 25.0 Å². The third kappa shape index (κ3) is 3.01. The van der Waals surface area contributed by atoms with Gasteiger partial charge in [-0.25, -0.2) is 9.78 Å². The molecular formula is C18H9N3O6S. The van der Waals surface area contributed by atoms with Crippen LogP contribution in [-0.2, 0) is 0 Å². The van der Waals surface area contributed by atoms with Gasteiger partial charge in [0, 0.05) is 34.5 Å². The zero-order valence-corrected chi connectivity index (χ0v) is 14.7. The number of thiazole rings is 1. The summed E-state index contributed by atoms with van der Waals surface area (Å²) in [5.74, 6) is 0. The van der Waals surface area contributed by atoms with Crippen LogP contribution in [0, 0.1) is 20.2 Å². The maximum Gasteiger partial charge on any atom is 0.346 e. The minimum atomic E-state index is -0.730. The van der Waals surface area contributed by atoms with Crippen LogP contribution in [-0.4, -0.2) is 14.8 Å². The van der Waals surface area contributed by atoms with Crippen molar-refractivity contribution < 1.29 is 14.3 Å². The average Bonchev–Trinajstić information content (AvgIpc) is 3.17. The molecule has 0 amide bonds. The normalized spacial score (nSPS) is 10.9. The highest BCUT2D eigenvalue weighted by atomic mass is 32.1. The molecule has 2 aromatic heterocycles. The van der Waals surface area contributed by atoms with E-state index >= 15 is 0 Å². The lowest BCUT2D eigenvalue weighted by molar-refractivity contribution is -0.384. The Bertz CT molecular complexity index is 1290. The molecule has 10 heteroatoms. The van der Waals surface area contributed by atoms with Crippen molar-refractivity contribution in [2.75, 3.05) is 0 Å². The summed E-state index contributed by atoms with van der Waals surface area (Å²) in [6.07, 6.45) is 0. The summed E-state index contributed by atoms with van der Waals surface area (Å²) in [7, 11) is 0. The molecule has 9 nitrogen and oxygen atoms in total. The van der Waals surface area contributed by atoms with Gasteiger partial charge in [0.2, 0.25) is 5.58 Å². The summed E-state index contributed by atoms with van der Waals surface area (Å²) in [5.41, 5.74) is 0.260. The molecule has 0 aliphatic heterocycles. The van der Waals surface area contributed by atoms with Crippen LogP contribution in [0.15, 0.2) is 63.1 Å². The van der Waals surface area contributed by atoms with Crippen LogP contribution in [0.3, 0.4) is 0 Å². The maximum absolute atomic E-state index is 12.4. The van der Waals surface area contributed by atoms with Crippen molar-refractivity contribution in [3.05, 3.63) is 84.6 Å². The quantitative estimate of drug-likeness (QED) is 0.284. The van der Waals surface area contributed by atoms with Gasteiger partial charge in [-0.15, -0.1) is 11.3 Å². The van der Waals surface area contributed by atoms with Gasteiger partial charge in [0.1, 0.15) is 5.01 Å². The molecule has 4 rings (SSSR count). The average molecular weight is 395 g/mol. The standard InChI is InChI=1S/C18H9N3O6S/c22-18-13(8-11-2-1-3-15(21(25)26)16(11)27-18)17-19-14(9-28-17)10-4-6-12(7-5-10)20(23)24/h1-9H. The molecule has 0 saturated heterocycles. The third-order valence-corrected chi connectivity index (χ3v) is 4.92. The second kappa shape index (κ2) is 6.67. The molecule has 0 aliphatic carbocycles. The van der Waals surface area contributed by atoms with E-state index in [0.717, 1.165) is 0 Å². The van der Waals surface area contributed by atoms with E-state index in [1.165, 1.54) is 41.7 Å². The fourth-order valence-corrected chi connectivity index (χ4v) is 3.54. The molecule has 0 radical (unpaired) electrons. The van der Waals surface area contributed by atoms with Crippen LogP contribution in [0.2, 0.25) is 0 Å². The van der Waals surface area contributed by atoms with E-state index in [1.807, 2.05) is 0 Å². The first-order chi connectivity index (χ1) is 13.4. The van der Waals surface area contributed by atoms with Crippen LogP contribution in [0.25, 0.3) is 32.8 Å². The van der Waals surface area contributed by atoms with E-state index in [1.54, 1.807) is 23.6 Å². The van der Waals surface area contributed by atoms with Gasteiger partial charge in [0.25, 0.3) is 5.69 Å². The first-order valence-electron chi connectivity index (χ1n) is 7.86. The lowest BCUT2D eigenvalue weighted by Crippen LogP contribution is -2.03. The van der Waals surface area contributed by atoms with Crippen LogP contribution in [0.4, 0.5) is 11.4 Å². The highest BCUT2D eigenvalue weighted by molar-refractivity contribution is 7.13. The van der Waals surface area contributed by atoms with Crippen LogP contribution in [0.1, 0.15) is 0 Å². The molecule has 138 valence electrons. The van der Waals surface area contributed by atoms with E-state index in [2.05, 4.69) is 4.98 Å². The first-order valence-corrected chi connectivity index (χ1v) is 8.74. The number of hydrogen-bond donors (Lipinski definition) is 0. The van der Waals surface area contributed by atoms with Gasteiger partial charge in [-0.05, 0) is 18.2 Å². The molecule has 0 spiro atoms. The molecule has 0 fully saturated rings. The van der Waals surface area contributed by atoms with Gasteiger partial charge in [-0.3, -0.25) is 20.2 Å². The molecule has 0 bridgehead atoms. The van der Waals surface area contributed by atoms with Gasteiger partial charge in [0.05, 0.1) is 21.1 Å². The number of nitrogens with zero attached hydrogens (tertiary/aromatic N) is 3. The Morgan fingerprint density at radius 2 is 1.75 bits per heavy atom. The smallest absolute Gasteiger partial charge is 0.346 e. The number of rotatable bonds is 4. The number of para-hydroxylation sites is 1. The topological polar surface area (TPSA) is 129 Å². The molecule has 0 unspecified atom stereocenters. The van der Waals surface area contributed by atoms with Gasteiger partial charge in [0.15, 0.2) is 0 Å². The number of nitro benzene ring substituents is 2. The number of nitro groups is 2. The summed E-state index contributed by atoms with van der Waals surface area (Å²) < 4.78 is 5.19. The molecule has 4 aromatic rings. The van der Waals surface area contributed by atoms with E-state index in [-0.39, 0.29) is 22.5 Å². The molecule has 0 saturated carbocycles. The summed E-state index contributed by atoms with van der Waals surface area (Å²) in [5, 5.41) is 24.4. The molecule has 0 atom stereocenters. The molecule has 0 N–H and O–H groups in total. The molecule has 28 heavy (non-hydrogen) atoms. The number of non-ortho nitro benzene ring substituents is 2. The SMILES string of the molecule is O=c1oc2c([N+](=O)[O-])cccc2cc1-c1nc(-c2ccc([N+](=O)[O-])cc2)cs1. The number of fused-ring (bicyclic) bond motifs is 1. The minimum absolute atomic E-state index is 0.0315. The monoisotopic (exact) mass is 395 g/mol. The Labute approximate surface area is 159 Å². The highest BCUT2D eigenvalue weighted by Crippen LogP contribution is 2.31. The fourth-order valence-electron chi connectivity index (χ4n) is 2.71. The summed E-state index contributed by atoms with van der Waals surface area (Å²) >= 11 is 1.20. The number of hydrogen-bond acceptors (Lipinski definition) is 8. The van der Waals surface area contributed by atoms with E-state index in [0.29, 0.717) is 21.7 Å². The number of aromatic nitrogens is 1. The second-order valence-electron chi connectivity index (χ2n) is 5.74. The Hall–Kier alpha value is -3.92. The van der Waals surface area contributed by atoms with Gasteiger partial charge in [-0.1, -0.05) is 12.1 Å². The van der Waals surface area contributed by atoms with Crippen LogP contribution in [0.5, 0.6) is 0 Å². The zero-order chi connectivity index (χ0) is 19.8. The summed E-state index contributed by atoms with van der Waals surface area (Å²) in [6, 6.07) is 11.8. The van der Waals surface area contributed by atoms with Gasteiger partial charge in [-0.2, -0.15) is 0 Å². The Morgan fingerprint density at radius 1 is 1.00 bits per heavy atom. The van der Waals surface area contributed by atoms with Gasteiger partial charge < -0.3 is 4.42 Å². The molecule has 2 heterocycles. The van der Waals surface area contributed by atoms with Crippen LogP contribution >= 0.6 is 11.3 Å². The molecular weight excluding hydrogens is 386 g/mol. The van der Waals surface area contributed by atoms with Crippen molar-refractivity contribution in [1.82, 2.24) is 4.98 Å². The predicted octanol–water partition coefficient (Wildman–Crippen LogP) is 4.40. The lowest BCUT2D eigenvalue weighted by atomic mass is 10.1. The van der Waals surface area contributed by atoms with Crippen molar-refractivity contribution in [3.8, 4) is 21.8 Å². The first kappa shape index (κ1) is 17.5. The van der Waals surface area contributed by atoms with Crippen molar-refractivity contribution in [3.63, 3.8) is 0 Å². The zero-order valence-electron chi connectivity index (χ0n) is 13.9. The summed E-state index contributed by atoms with van der Waals surface area (Å²) in [6.45, 7) is 0. The predicted molar refractivity (Wildman–Crippen MR) is 102 cm³/mol. The minimum Gasteiger partial charge on any atom is -0.415 e. The lowest BCUT2D eigenvalue weighted by Gasteiger charge is -2.00. The van der Waals surface area contributed by atoms with Crippen molar-refractivity contribution in [2.24, 2.45) is 0 Å².